The first kappa shape index (κ1) is 22.0. The SMILES string of the molecule is Cc1ccc(OCc2nc(CC(=O)Nc3ccc(C(=O)NCC(N)=O)cc3)cs2)cc1. The lowest BCUT2D eigenvalue weighted by molar-refractivity contribution is -0.117. The van der Waals surface area contributed by atoms with Crippen molar-refractivity contribution in [1.82, 2.24) is 10.3 Å². The molecule has 160 valence electrons. The Hall–Kier alpha value is -3.72. The third kappa shape index (κ3) is 6.93. The maximum atomic E-state index is 12.3. The quantitative estimate of drug-likeness (QED) is 0.473. The average Bonchev–Trinajstić information content (AvgIpc) is 3.19. The fourth-order valence-corrected chi connectivity index (χ4v) is 3.33. The Bertz CT molecular complexity index is 1060. The maximum Gasteiger partial charge on any atom is 0.251 e. The van der Waals surface area contributed by atoms with E-state index >= 15 is 0 Å². The van der Waals surface area contributed by atoms with Crippen LogP contribution in [0, 0.1) is 6.92 Å². The molecule has 31 heavy (non-hydrogen) atoms. The molecule has 0 unspecified atom stereocenters. The summed E-state index contributed by atoms with van der Waals surface area (Å²) in [6.07, 6.45) is 0.127. The fraction of sp³-hybridized carbons (Fsp3) is 0.182. The van der Waals surface area contributed by atoms with Crippen molar-refractivity contribution in [3.8, 4) is 5.75 Å². The first-order valence-electron chi connectivity index (χ1n) is 9.48. The van der Waals surface area contributed by atoms with Gasteiger partial charge in [-0.05, 0) is 43.3 Å². The Kier molecular flexibility index (Phi) is 7.34. The van der Waals surface area contributed by atoms with E-state index in [1.807, 2.05) is 36.6 Å². The third-order valence-electron chi connectivity index (χ3n) is 4.18. The van der Waals surface area contributed by atoms with E-state index in [9.17, 15) is 14.4 Å². The molecule has 3 amide bonds. The predicted molar refractivity (Wildman–Crippen MR) is 118 cm³/mol. The standard InChI is InChI=1S/C22H22N4O4S/c1-14-2-8-18(9-3-14)30-12-21-26-17(13-31-21)10-20(28)25-16-6-4-15(5-7-16)22(29)24-11-19(23)27/h2-9,13H,10-12H2,1H3,(H2,23,27)(H,24,29)(H,25,28). The molecule has 0 aliphatic heterocycles. The Balaban J connectivity index is 1.47. The van der Waals surface area contributed by atoms with Gasteiger partial charge < -0.3 is 21.1 Å². The number of benzene rings is 2. The highest BCUT2D eigenvalue weighted by Gasteiger charge is 2.10. The van der Waals surface area contributed by atoms with Crippen LogP contribution in [0.5, 0.6) is 5.75 Å². The van der Waals surface area contributed by atoms with Crippen molar-refractivity contribution in [2.45, 2.75) is 20.0 Å². The van der Waals surface area contributed by atoms with Crippen LogP contribution in [0.2, 0.25) is 0 Å². The minimum atomic E-state index is -0.621. The van der Waals surface area contributed by atoms with E-state index in [0.717, 1.165) is 16.3 Å². The van der Waals surface area contributed by atoms with Crippen LogP contribution in [-0.4, -0.2) is 29.3 Å². The summed E-state index contributed by atoms with van der Waals surface area (Å²) in [7, 11) is 0. The van der Waals surface area contributed by atoms with Gasteiger partial charge in [0.15, 0.2) is 0 Å². The Morgan fingerprint density at radius 3 is 2.45 bits per heavy atom. The van der Waals surface area contributed by atoms with Crippen molar-refractivity contribution in [3.05, 3.63) is 75.7 Å². The van der Waals surface area contributed by atoms with E-state index in [1.54, 1.807) is 24.3 Å². The molecule has 0 atom stereocenters. The Labute approximate surface area is 183 Å². The van der Waals surface area contributed by atoms with Crippen molar-refractivity contribution in [1.29, 1.82) is 0 Å². The number of nitrogens with two attached hydrogens (primary N) is 1. The van der Waals surface area contributed by atoms with E-state index in [-0.39, 0.29) is 18.9 Å². The molecule has 0 saturated carbocycles. The van der Waals surface area contributed by atoms with Gasteiger partial charge in [0.2, 0.25) is 11.8 Å². The first-order valence-corrected chi connectivity index (χ1v) is 10.4. The number of primary amides is 1. The molecule has 0 radical (unpaired) electrons. The van der Waals surface area contributed by atoms with Crippen LogP contribution in [0.25, 0.3) is 0 Å². The molecule has 3 rings (SSSR count). The zero-order chi connectivity index (χ0) is 22.2. The van der Waals surface area contributed by atoms with Crippen LogP contribution in [0.1, 0.15) is 26.6 Å². The van der Waals surface area contributed by atoms with Crippen molar-refractivity contribution in [2.24, 2.45) is 5.73 Å². The molecule has 0 saturated heterocycles. The second-order valence-corrected chi connectivity index (χ2v) is 7.73. The number of hydrogen-bond acceptors (Lipinski definition) is 6. The number of hydrogen-bond donors (Lipinski definition) is 3. The molecule has 1 aromatic heterocycles. The summed E-state index contributed by atoms with van der Waals surface area (Å²) < 4.78 is 5.71. The molecule has 0 aliphatic rings. The number of nitrogens with zero attached hydrogens (tertiary/aromatic N) is 1. The Morgan fingerprint density at radius 1 is 1.06 bits per heavy atom. The summed E-state index contributed by atoms with van der Waals surface area (Å²) in [4.78, 5) is 39.3. The maximum absolute atomic E-state index is 12.3. The lowest BCUT2D eigenvalue weighted by Gasteiger charge is -2.06. The van der Waals surface area contributed by atoms with E-state index in [4.69, 9.17) is 10.5 Å². The number of carbonyl (C=O) groups is 3. The highest BCUT2D eigenvalue weighted by atomic mass is 32.1. The van der Waals surface area contributed by atoms with E-state index in [2.05, 4.69) is 15.6 Å². The zero-order valence-corrected chi connectivity index (χ0v) is 17.7. The molecule has 3 aromatic rings. The molecular formula is C22H22N4O4S. The van der Waals surface area contributed by atoms with E-state index in [0.29, 0.717) is 23.6 Å². The van der Waals surface area contributed by atoms with Gasteiger partial charge in [-0.15, -0.1) is 11.3 Å². The number of amides is 3. The minimum Gasteiger partial charge on any atom is -0.486 e. The number of thiazole rings is 1. The molecule has 8 nitrogen and oxygen atoms in total. The third-order valence-corrected chi connectivity index (χ3v) is 5.05. The molecule has 4 N–H and O–H groups in total. The smallest absolute Gasteiger partial charge is 0.251 e. The highest BCUT2D eigenvalue weighted by molar-refractivity contribution is 7.09. The normalized spacial score (nSPS) is 10.4. The van der Waals surface area contributed by atoms with Crippen molar-refractivity contribution in [3.63, 3.8) is 0 Å². The monoisotopic (exact) mass is 438 g/mol. The lowest BCUT2D eigenvalue weighted by Crippen LogP contribution is -2.33. The molecular weight excluding hydrogens is 416 g/mol. The van der Waals surface area contributed by atoms with Crippen molar-refractivity contribution in [2.75, 3.05) is 11.9 Å². The van der Waals surface area contributed by atoms with Gasteiger partial charge in [-0.3, -0.25) is 14.4 Å². The molecule has 0 fully saturated rings. The number of nitrogens with one attached hydrogen (secondary N) is 2. The predicted octanol–water partition coefficient (Wildman–Crippen LogP) is 2.43. The number of aromatic nitrogens is 1. The van der Waals surface area contributed by atoms with Crippen LogP contribution in [-0.2, 0) is 22.6 Å². The minimum absolute atomic E-state index is 0.127. The van der Waals surface area contributed by atoms with E-state index in [1.165, 1.54) is 11.3 Å². The number of carbonyl (C=O) groups excluding carboxylic acids is 3. The number of rotatable bonds is 9. The highest BCUT2D eigenvalue weighted by Crippen LogP contribution is 2.17. The Morgan fingerprint density at radius 2 is 1.77 bits per heavy atom. The van der Waals surface area contributed by atoms with Crippen LogP contribution in [0.3, 0.4) is 0 Å². The summed E-state index contributed by atoms with van der Waals surface area (Å²) in [5.41, 5.74) is 7.73. The zero-order valence-electron chi connectivity index (χ0n) is 16.9. The van der Waals surface area contributed by atoms with Crippen LogP contribution in [0.4, 0.5) is 5.69 Å². The van der Waals surface area contributed by atoms with Crippen LogP contribution >= 0.6 is 11.3 Å². The van der Waals surface area contributed by atoms with Crippen LogP contribution in [0.15, 0.2) is 53.9 Å². The van der Waals surface area contributed by atoms with E-state index < -0.39 is 11.8 Å². The largest absolute Gasteiger partial charge is 0.486 e. The van der Waals surface area contributed by atoms with Gasteiger partial charge in [0.25, 0.3) is 5.91 Å². The summed E-state index contributed by atoms with van der Waals surface area (Å²) in [6.45, 7) is 2.12. The molecule has 9 heteroatoms. The fourth-order valence-electron chi connectivity index (χ4n) is 2.62. The van der Waals surface area contributed by atoms with Crippen molar-refractivity contribution >= 4 is 34.7 Å². The topological polar surface area (TPSA) is 123 Å². The molecule has 0 aliphatic carbocycles. The number of aryl methyl sites for hydroxylation is 1. The number of anilines is 1. The molecule has 0 bridgehead atoms. The summed E-state index contributed by atoms with van der Waals surface area (Å²) >= 11 is 1.44. The second-order valence-electron chi connectivity index (χ2n) is 6.79. The van der Waals surface area contributed by atoms with Gasteiger partial charge in [0.05, 0.1) is 18.7 Å². The van der Waals surface area contributed by atoms with Gasteiger partial charge >= 0.3 is 0 Å². The lowest BCUT2D eigenvalue weighted by atomic mass is 10.2. The van der Waals surface area contributed by atoms with Gasteiger partial charge in [-0.25, -0.2) is 4.98 Å². The van der Waals surface area contributed by atoms with Crippen molar-refractivity contribution < 1.29 is 19.1 Å². The van der Waals surface area contributed by atoms with Gasteiger partial charge in [0, 0.05) is 16.6 Å². The molecule has 1 heterocycles. The second kappa shape index (κ2) is 10.4. The van der Waals surface area contributed by atoms with Crippen LogP contribution < -0.4 is 21.1 Å². The number of ether oxygens (including phenoxy) is 1. The summed E-state index contributed by atoms with van der Waals surface area (Å²) in [6, 6.07) is 14.1. The summed E-state index contributed by atoms with van der Waals surface area (Å²) in [5, 5.41) is 7.79. The molecule has 2 aromatic carbocycles. The van der Waals surface area contributed by atoms with Gasteiger partial charge in [-0.1, -0.05) is 17.7 Å². The van der Waals surface area contributed by atoms with Gasteiger partial charge in [-0.2, -0.15) is 0 Å². The summed E-state index contributed by atoms with van der Waals surface area (Å²) in [5.74, 6) is -0.488. The first-order chi connectivity index (χ1) is 14.9. The average molecular weight is 439 g/mol. The van der Waals surface area contributed by atoms with Gasteiger partial charge in [0.1, 0.15) is 17.4 Å². The molecule has 0 spiro atoms.